The van der Waals surface area contributed by atoms with Gasteiger partial charge in [0.15, 0.2) is 5.82 Å². The molecular weight excluding hydrogens is 461 g/mol. The maximum Gasteiger partial charge on any atom is 0.319 e. The van der Waals surface area contributed by atoms with Crippen LogP contribution in [-0.2, 0) is 4.74 Å². The fourth-order valence-electron chi connectivity index (χ4n) is 5.14. The van der Waals surface area contributed by atoms with Gasteiger partial charge in [-0.25, -0.2) is 4.39 Å². The lowest BCUT2D eigenvalue weighted by atomic mass is 10.0. The molecule has 0 radical (unpaired) electrons. The molecule has 0 bridgehead atoms. The van der Waals surface area contributed by atoms with Crippen molar-refractivity contribution in [3.8, 4) is 23.0 Å². The van der Waals surface area contributed by atoms with Gasteiger partial charge in [0, 0.05) is 30.9 Å². The zero-order valence-corrected chi connectivity index (χ0v) is 20.2. The molecule has 4 heterocycles. The van der Waals surface area contributed by atoms with Crippen LogP contribution in [0.1, 0.15) is 12.8 Å². The standard InChI is InChI=1S/C27H28FN5O3/c1-32-8-4-6-18(32)16-36-27-30-25-22(26(31-27)33-9-11-35-12-10-33)15-29-24(23(25)28)21-14-19(34)13-17-5-2-3-7-20(17)21/h2-3,5,7,13-15,18,34H,4,6,8-12,16H2,1H3. The minimum atomic E-state index is -0.567. The lowest BCUT2D eigenvalue weighted by Gasteiger charge is -2.29. The van der Waals surface area contributed by atoms with Crippen LogP contribution in [0.25, 0.3) is 32.9 Å². The Bertz CT molecular complexity index is 1430. The van der Waals surface area contributed by atoms with E-state index in [1.54, 1.807) is 12.3 Å². The Labute approximate surface area is 208 Å². The van der Waals surface area contributed by atoms with Crippen molar-refractivity contribution in [3.05, 3.63) is 48.4 Å². The smallest absolute Gasteiger partial charge is 0.319 e. The van der Waals surface area contributed by atoms with Gasteiger partial charge in [0.25, 0.3) is 0 Å². The molecule has 186 valence electrons. The maximum absolute atomic E-state index is 16.2. The van der Waals surface area contributed by atoms with Gasteiger partial charge in [-0.3, -0.25) is 4.98 Å². The summed E-state index contributed by atoms with van der Waals surface area (Å²) in [4.78, 5) is 18.0. The molecule has 2 aliphatic rings. The predicted octanol–water partition coefficient (Wildman–Crippen LogP) is 4.00. The van der Waals surface area contributed by atoms with Gasteiger partial charge in [0.2, 0.25) is 0 Å². The van der Waals surface area contributed by atoms with Crippen LogP contribution in [0.5, 0.6) is 11.8 Å². The summed E-state index contributed by atoms with van der Waals surface area (Å²) in [5, 5.41) is 12.4. The van der Waals surface area contributed by atoms with E-state index in [1.807, 2.05) is 24.3 Å². The number of aromatic nitrogens is 3. The Morgan fingerprint density at radius 3 is 2.75 bits per heavy atom. The molecule has 36 heavy (non-hydrogen) atoms. The Morgan fingerprint density at radius 1 is 1.11 bits per heavy atom. The number of fused-ring (bicyclic) bond motifs is 2. The number of aromatic hydroxyl groups is 1. The molecule has 4 aromatic rings. The monoisotopic (exact) mass is 489 g/mol. The number of benzene rings is 2. The Hall–Kier alpha value is -3.56. The first-order valence-electron chi connectivity index (χ1n) is 12.3. The number of halogens is 1. The van der Waals surface area contributed by atoms with Crippen LogP contribution in [-0.4, -0.2) is 77.5 Å². The minimum Gasteiger partial charge on any atom is -0.508 e. The number of hydrogen-bond acceptors (Lipinski definition) is 8. The number of likely N-dealkylation sites (tertiary alicyclic amines) is 1. The minimum absolute atomic E-state index is 0.0476. The highest BCUT2D eigenvalue weighted by Gasteiger charge is 2.25. The van der Waals surface area contributed by atoms with Gasteiger partial charge < -0.3 is 24.4 Å². The predicted molar refractivity (Wildman–Crippen MR) is 136 cm³/mol. The highest BCUT2D eigenvalue weighted by molar-refractivity contribution is 5.99. The van der Waals surface area contributed by atoms with Crippen LogP contribution >= 0.6 is 0 Å². The van der Waals surface area contributed by atoms with Crippen molar-refractivity contribution >= 4 is 27.5 Å². The molecule has 8 nitrogen and oxygen atoms in total. The lowest BCUT2D eigenvalue weighted by molar-refractivity contribution is 0.122. The number of pyridine rings is 1. The van der Waals surface area contributed by atoms with Crippen LogP contribution in [0.3, 0.4) is 0 Å². The second-order valence-corrected chi connectivity index (χ2v) is 9.41. The first-order chi connectivity index (χ1) is 17.6. The van der Waals surface area contributed by atoms with Gasteiger partial charge in [-0.15, -0.1) is 0 Å². The topological polar surface area (TPSA) is 83.8 Å². The number of morpholine rings is 1. The molecule has 1 atom stereocenters. The molecule has 2 aromatic heterocycles. The average molecular weight is 490 g/mol. The van der Waals surface area contributed by atoms with Gasteiger partial charge in [0.1, 0.15) is 29.4 Å². The number of anilines is 1. The number of ether oxygens (including phenoxy) is 2. The first kappa shape index (κ1) is 22.9. The summed E-state index contributed by atoms with van der Waals surface area (Å²) in [6, 6.07) is 11.2. The van der Waals surface area contributed by atoms with Gasteiger partial charge in [-0.2, -0.15) is 9.97 Å². The summed E-state index contributed by atoms with van der Waals surface area (Å²) in [5.41, 5.74) is 0.785. The molecule has 2 fully saturated rings. The summed E-state index contributed by atoms with van der Waals surface area (Å²) < 4.78 is 27.8. The van der Waals surface area contributed by atoms with E-state index in [9.17, 15) is 5.11 Å². The Kier molecular flexibility index (Phi) is 6.02. The van der Waals surface area contributed by atoms with Gasteiger partial charge in [0.05, 0.1) is 18.6 Å². The zero-order valence-electron chi connectivity index (χ0n) is 20.2. The van der Waals surface area contributed by atoms with Crippen molar-refractivity contribution in [3.63, 3.8) is 0 Å². The molecule has 2 saturated heterocycles. The van der Waals surface area contributed by atoms with Crippen molar-refractivity contribution in [1.29, 1.82) is 0 Å². The van der Waals surface area contributed by atoms with Crippen LogP contribution in [0.2, 0.25) is 0 Å². The van der Waals surface area contributed by atoms with Gasteiger partial charge in [-0.05, 0) is 49.3 Å². The van der Waals surface area contributed by atoms with E-state index in [0.717, 1.165) is 30.2 Å². The van der Waals surface area contributed by atoms with Gasteiger partial charge >= 0.3 is 6.01 Å². The van der Waals surface area contributed by atoms with E-state index in [-0.39, 0.29) is 29.0 Å². The third-order valence-electron chi connectivity index (χ3n) is 7.13. The van der Waals surface area contributed by atoms with Crippen molar-refractivity contribution in [2.75, 3.05) is 51.4 Å². The SMILES string of the molecule is CN1CCCC1COc1nc(N2CCOCC2)c2cnc(-c3cc(O)cc4ccccc34)c(F)c2n1. The molecule has 2 aliphatic heterocycles. The van der Waals surface area contributed by atoms with E-state index in [2.05, 4.69) is 31.8 Å². The third-order valence-corrected chi connectivity index (χ3v) is 7.13. The summed E-state index contributed by atoms with van der Waals surface area (Å²) in [7, 11) is 2.08. The molecule has 1 unspecified atom stereocenters. The van der Waals surface area contributed by atoms with Crippen molar-refractivity contribution in [2.24, 2.45) is 0 Å². The van der Waals surface area contributed by atoms with Crippen LogP contribution in [0.15, 0.2) is 42.6 Å². The number of rotatable bonds is 5. The number of phenolic OH excluding ortho intramolecular Hbond substituents is 1. The first-order valence-corrected chi connectivity index (χ1v) is 12.3. The van der Waals surface area contributed by atoms with Crippen molar-refractivity contribution in [1.82, 2.24) is 19.9 Å². The molecule has 9 heteroatoms. The van der Waals surface area contributed by atoms with Crippen molar-refractivity contribution in [2.45, 2.75) is 18.9 Å². The Morgan fingerprint density at radius 2 is 1.94 bits per heavy atom. The summed E-state index contributed by atoms with van der Waals surface area (Å²) in [5.74, 6) is 0.0752. The molecule has 0 amide bonds. The average Bonchev–Trinajstić information content (AvgIpc) is 3.32. The quantitative estimate of drug-likeness (QED) is 0.451. The molecule has 2 aromatic carbocycles. The molecule has 1 N–H and O–H groups in total. The second-order valence-electron chi connectivity index (χ2n) is 9.41. The Balaban J connectivity index is 1.48. The van der Waals surface area contributed by atoms with Crippen LogP contribution in [0.4, 0.5) is 10.2 Å². The fourth-order valence-corrected chi connectivity index (χ4v) is 5.14. The lowest BCUT2D eigenvalue weighted by Crippen LogP contribution is -2.37. The molecule has 0 aliphatic carbocycles. The van der Waals surface area contributed by atoms with E-state index in [0.29, 0.717) is 49.7 Å². The van der Waals surface area contributed by atoms with E-state index in [4.69, 9.17) is 9.47 Å². The van der Waals surface area contributed by atoms with Crippen LogP contribution in [0, 0.1) is 5.82 Å². The third kappa shape index (κ3) is 4.18. The second kappa shape index (κ2) is 9.48. The zero-order chi connectivity index (χ0) is 24.6. The molecule has 6 rings (SSSR count). The van der Waals surface area contributed by atoms with E-state index < -0.39 is 5.82 Å². The molecule has 0 saturated carbocycles. The number of likely N-dealkylation sites (N-methyl/N-ethyl adjacent to an activating group) is 1. The maximum atomic E-state index is 16.2. The summed E-state index contributed by atoms with van der Waals surface area (Å²) >= 11 is 0. The van der Waals surface area contributed by atoms with Gasteiger partial charge in [-0.1, -0.05) is 24.3 Å². The van der Waals surface area contributed by atoms with E-state index in [1.165, 1.54) is 6.07 Å². The number of phenols is 1. The fraction of sp³-hybridized carbons (Fsp3) is 0.370. The molecule has 0 spiro atoms. The number of hydrogen-bond donors (Lipinski definition) is 1. The molecular formula is C27H28FN5O3. The normalized spacial score (nSPS) is 18.8. The number of nitrogens with zero attached hydrogens (tertiary/aromatic N) is 5. The largest absolute Gasteiger partial charge is 0.508 e. The van der Waals surface area contributed by atoms with Crippen molar-refractivity contribution < 1.29 is 19.0 Å². The highest BCUT2D eigenvalue weighted by atomic mass is 19.1. The summed E-state index contributed by atoms with van der Waals surface area (Å²) in [6.45, 7) is 3.89. The summed E-state index contributed by atoms with van der Waals surface area (Å²) in [6.07, 6.45) is 3.79. The highest BCUT2D eigenvalue weighted by Crippen LogP contribution is 2.36. The van der Waals surface area contributed by atoms with Crippen LogP contribution < -0.4 is 9.64 Å². The van der Waals surface area contributed by atoms with E-state index >= 15 is 4.39 Å².